The molecule has 1 aromatic rings. The van der Waals surface area contributed by atoms with Gasteiger partial charge in [0.05, 0.1) is 5.56 Å². The van der Waals surface area contributed by atoms with E-state index < -0.39 is 0 Å². The molecule has 0 saturated carbocycles. The summed E-state index contributed by atoms with van der Waals surface area (Å²) in [6.07, 6.45) is 4.20. The van der Waals surface area contributed by atoms with E-state index in [-0.39, 0.29) is 0 Å². The summed E-state index contributed by atoms with van der Waals surface area (Å²) in [5.41, 5.74) is 0.516. The minimum absolute atomic E-state index is 0.516. The van der Waals surface area contributed by atoms with E-state index in [4.69, 9.17) is 0 Å². The molecule has 0 radical (unpaired) electrons. The predicted octanol–water partition coefficient (Wildman–Crippen LogP) is 1.08. The average Bonchev–Trinajstić information content (AvgIpc) is 2.16. The van der Waals surface area contributed by atoms with Crippen LogP contribution in [0.1, 0.15) is 10.4 Å². The zero-order valence-electron chi connectivity index (χ0n) is 7.81. The maximum atomic E-state index is 10.6. The van der Waals surface area contributed by atoms with Crippen molar-refractivity contribution in [2.45, 2.75) is 5.16 Å². The lowest BCUT2D eigenvalue weighted by molar-refractivity contribution is 0.112. The summed E-state index contributed by atoms with van der Waals surface area (Å²) in [7, 11) is 3.69. The van der Waals surface area contributed by atoms with Crippen molar-refractivity contribution in [3.05, 3.63) is 11.8 Å². The molecule has 0 N–H and O–H groups in total. The number of nitrogens with zero attached hydrogens (tertiary/aromatic N) is 3. The lowest BCUT2D eigenvalue weighted by Gasteiger charge is -2.13. The number of hydrogen-bond donors (Lipinski definition) is 0. The summed E-state index contributed by atoms with van der Waals surface area (Å²) in [6, 6.07) is 0. The van der Waals surface area contributed by atoms with E-state index in [1.54, 1.807) is 11.1 Å². The minimum atomic E-state index is 0.516. The summed E-state index contributed by atoms with van der Waals surface area (Å²) in [5.74, 6) is 0.661. The second-order valence-electron chi connectivity index (χ2n) is 2.65. The normalized spacial score (nSPS) is 9.77. The van der Waals surface area contributed by atoms with Crippen molar-refractivity contribution in [2.24, 2.45) is 0 Å². The number of hydrogen-bond acceptors (Lipinski definition) is 5. The Labute approximate surface area is 81.4 Å². The van der Waals surface area contributed by atoms with Crippen molar-refractivity contribution >= 4 is 23.9 Å². The first-order valence-corrected chi connectivity index (χ1v) is 4.95. The number of aldehydes is 1. The smallest absolute Gasteiger partial charge is 0.189 e. The van der Waals surface area contributed by atoms with Gasteiger partial charge in [0, 0.05) is 20.3 Å². The van der Waals surface area contributed by atoms with Crippen LogP contribution in [0, 0.1) is 0 Å². The van der Waals surface area contributed by atoms with E-state index in [0.717, 1.165) is 6.29 Å². The van der Waals surface area contributed by atoms with Crippen molar-refractivity contribution in [1.29, 1.82) is 0 Å². The molecule has 1 rings (SSSR count). The highest BCUT2D eigenvalue weighted by Gasteiger charge is 2.07. The molecular formula is C8H11N3OS. The fourth-order valence-electron chi connectivity index (χ4n) is 0.906. The topological polar surface area (TPSA) is 46.1 Å². The molecule has 1 aromatic heterocycles. The van der Waals surface area contributed by atoms with Gasteiger partial charge in [0.2, 0.25) is 0 Å². The molecule has 0 amide bonds. The average molecular weight is 197 g/mol. The molecule has 4 nitrogen and oxygen atoms in total. The van der Waals surface area contributed by atoms with Gasteiger partial charge in [-0.15, -0.1) is 0 Å². The Morgan fingerprint density at radius 3 is 2.69 bits per heavy atom. The van der Waals surface area contributed by atoms with E-state index in [9.17, 15) is 4.79 Å². The Bertz CT molecular complexity index is 314. The molecule has 0 fully saturated rings. The standard InChI is InChI=1S/C8H11N3OS/c1-11(2)7-6(5-12)4-9-8(10-7)13-3/h4-5H,1-3H3. The fourth-order valence-corrected chi connectivity index (χ4v) is 1.24. The Morgan fingerprint density at radius 2 is 2.23 bits per heavy atom. The zero-order chi connectivity index (χ0) is 9.84. The van der Waals surface area contributed by atoms with Gasteiger partial charge in [0.1, 0.15) is 5.82 Å². The summed E-state index contributed by atoms with van der Waals surface area (Å²) in [6.45, 7) is 0. The number of carbonyl (C=O) groups is 1. The largest absolute Gasteiger partial charge is 0.362 e. The van der Waals surface area contributed by atoms with Gasteiger partial charge >= 0.3 is 0 Å². The van der Waals surface area contributed by atoms with E-state index in [1.807, 2.05) is 20.4 Å². The van der Waals surface area contributed by atoms with Gasteiger partial charge in [-0.1, -0.05) is 11.8 Å². The maximum absolute atomic E-state index is 10.6. The molecule has 0 aliphatic rings. The van der Waals surface area contributed by atoms with Crippen molar-refractivity contribution in [2.75, 3.05) is 25.3 Å². The maximum Gasteiger partial charge on any atom is 0.189 e. The predicted molar refractivity (Wildman–Crippen MR) is 53.5 cm³/mol. The molecule has 13 heavy (non-hydrogen) atoms. The van der Waals surface area contributed by atoms with E-state index in [1.165, 1.54) is 11.8 Å². The molecule has 1 heterocycles. The third-order valence-corrected chi connectivity index (χ3v) is 2.07. The second-order valence-corrected chi connectivity index (χ2v) is 3.42. The van der Waals surface area contributed by atoms with Crippen molar-refractivity contribution < 1.29 is 4.79 Å². The molecule has 0 atom stereocenters. The molecular weight excluding hydrogens is 186 g/mol. The highest BCUT2D eigenvalue weighted by atomic mass is 32.2. The lowest BCUT2D eigenvalue weighted by Crippen LogP contribution is -2.14. The first-order valence-electron chi connectivity index (χ1n) is 3.72. The van der Waals surface area contributed by atoms with Gasteiger partial charge in [-0.2, -0.15) is 0 Å². The van der Waals surface area contributed by atoms with E-state index in [0.29, 0.717) is 16.5 Å². The van der Waals surface area contributed by atoms with E-state index >= 15 is 0 Å². The Morgan fingerprint density at radius 1 is 1.54 bits per heavy atom. The van der Waals surface area contributed by atoms with Crippen molar-refractivity contribution in [1.82, 2.24) is 9.97 Å². The zero-order valence-corrected chi connectivity index (χ0v) is 8.63. The van der Waals surface area contributed by atoms with Crippen LogP contribution >= 0.6 is 11.8 Å². The van der Waals surface area contributed by atoms with Crippen LogP contribution in [0.25, 0.3) is 0 Å². The SMILES string of the molecule is CSc1ncc(C=O)c(N(C)C)n1. The van der Waals surface area contributed by atoms with Crippen LogP contribution in [0.5, 0.6) is 0 Å². The van der Waals surface area contributed by atoms with Gasteiger partial charge in [-0.25, -0.2) is 9.97 Å². The van der Waals surface area contributed by atoms with Crippen LogP contribution in [0.15, 0.2) is 11.4 Å². The molecule has 0 aromatic carbocycles. The number of thioether (sulfide) groups is 1. The summed E-state index contributed by atoms with van der Waals surface area (Å²) in [5, 5.41) is 0.675. The summed E-state index contributed by atoms with van der Waals surface area (Å²) >= 11 is 1.45. The molecule has 0 aliphatic carbocycles. The number of anilines is 1. The minimum Gasteiger partial charge on any atom is -0.362 e. The van der Waals surface area contributed by atoms with Crippen LogP contribution in [0.4, 0.5) is 5.82 Å². The van der Waals surface area contributed by atoms with Crippen LogP contribution in [-0.4, -0.2) is 36.6 Å². The third kappa shape index (κ3) is 2.18. The highest BCUT2D eigenvalue weighted by molar-refractivity contribution is 7.98. The fraction of sp³-hybridized carbons (Fsp3) is 0.375. The quantitative estimate of drug-likeness (QED) is 0.412. The monoisotopic (exact) mass is 197 g/mol. The van der Waals surface area contributed by atoms with E-state index in [2.05, 4.69) is 9.97 Å². The molecule has 0 saturated heterocycles. The Hall–Kier alpha value is -1.10. The van der Waals surface area contributed by atoms with Gasteiger partial charge in [-0.3, -0.25) is 4.79 Å². The summed E-state index contributed by atoms with van der Waals surface area (Å²) < 4.78 is 0. The number of aromatic nitrogens is 2. The van der Waals surface area contributed by atoms with Crippen molar-refractivity contribution in [3.8, 4) is 0 Å². The highest BCUT2D eigenvalue weighted by Crippen LogP contribution is 2.16. The van der Waals surface area contributed by atoms with Gasteiger partial charge < -0.3 is 4.90 Å². The van der Waals surface area contributed by atoms with Gasteiger partial charge in [0.25, 0.3) is 0 Å². The number of rotatable bonds is 3. The molecule has 0 aliphatic heterocycles. The summed E-state index contributed by atoms with van der Waals surface area (Å²) in [4.78, 5) is 20.6. The second kappa shape index (κ2) is 4.23. The van der Waals surface area contributed by atoms with Crippen molar-refractivity contribution in [3.63, 3.8) is 0 Å². The van der Waals surface area contributed by atoms with Crippen LogP contribution < -0.4 is 4.90 Å². The molecule has 70 valence electrons. The Balaban J connectivity index is 3.17. The number of carbonyl (C=O) groups excluding carboxylic acids is 1. The van der Waals surface area contributed by atoms with Gasteiger partial charge in [0.15, 0.2) is 11.4 Å². The van der Waals surface area contributed by atoms with Crippen LogP contribution in [0.2, 0.25) is 0 Å². The van der Waals surface area contributed by atoms with Crippen LogP contribution in [0.3, 0.4) is 0 Å². The first kappa shape index (κ1) is 9.98. The van der Waals surface area contributed by atoms with Crippen LogP contribution in [-0.2, 0) is 0 Å². The molecule has 0 bridgehead atoms. The molecule has 0 unspecified atom stereocenters. The first-order chi connectivity index (χ1) is 6.19. The molecule has 0 spiro atoms. The third-order valence-electron chi connectivity index (χ3n) is 1.51. The Kier molecular flexibility index (Phi) is 3.25. The lowest BCUT2D eigenvalue weighted by atomic mass is 10.3. The van der Waals surface area contributed by atoms with Gasteiger partial charge in [-0.05, 0) is 6.26 Å². The molecule has 5 heteroatoms.